The lowest BCUT2D eigenvalue weighted by Gasteiger charge is -2.06. The molecule has 0 fully saturated rings. The van der Waals surface area contributed by atoms with E-state index in [4.69, 9.17) is 23.2 Å². The van der Waals surface area contributed by atoms with Crippen LogP contribution >= 0.6 is 23.2 Å². The van der Waals surface area contributed by atoms with Gasteiger partial charge in [0.15, 0.2) is 0 Å². The number of hydrogen-bond acceptors (Lipinski definition) is 4. The second-order valence-corrected chi connectivity index (χ2v) is 5.64. The van der Waals surface area contributed by atoms with Crippen LogP contribution in [0.5, 0.6) is 5.75 Å². The van der Waals surface area contributed by atoms with Gasteiger partial charge in [0.25, 0.3) is 0 Å². The van der Waals surface area contributed by atoms with Crippen molar-refractivity contribution in [2.75, 3.05) is 5.32 Å². The van der Waals surface area contributed by atoms with Crippen LogP contribution in [0.2, 0.25) is 10.0 Å². The van der Waals surface area contributed by atoms with Crippen LogP contribution in [0.15, 0.2) is 47.6 Å². The molecular formula is C16H13Cl2N3O3. The van der Waals surface area contributed by atoms with E-state index in [0.29, 0.717) is 21.3 Å². The van der Waals surface area contributed by atoms with Crippen molar-refractivity contribution in [2.45, 2.75) is 6.92 Å². The number of rotatable bonds is 3. The highest BCUT2D eigenvalue weighted by Crippen LogP contribution is 2.22. The van der Waals surface area contributed by atoms with Crippen molar-refractivity contribution < 1.29 is 14.7 Å². The van der Waals surface area contributed by atoms with Crippen LogP contribution in [0, 0.1) is 0 Å². The Balaban J connectivity index is 2.02. The van der Waals surface area contributed by atoms with Gasteiger partial charge in [-0.25, -0.2) is 5.43 Å². The van der Waals surface area contributed by atoms with E-state index in [0.717, 1.165) is 0 Å². The molecule has 8 heteroatoms. The largest absolute Gasteiger partial charge is 0.507 e. The summed E-state index contributed by atoms with van der Waals surface area (Å²) in [6, 6.07) is 10.9. The first-order chi connectivity index (χ1) is 11.4. The maximum Gasteiger partial charge on any atom is 0.329 e. The zero-order chi connectivity index (χ0) is 17.7. The first-order valence-electron chi connectivity index (χ1n) is 6.77. The molecule has 6 nitrogen and oxygen atoms in total. The van der Waals surface area contributed by atoms with E-state index in [-0.39, 0.29) is 11.4 Å². The van der Waals surface area contributed by atoms with Gasteiger partial charge in [0.2, 0.25) is 0 Å². The third-order valence-corrected chi connectivity index (χ3v) is 3.38. The van der Waals surface area contributed by atoms with Gasteiger partial charge in [-0.2, -0.15) is 5.10 Å². The molecule has 2 rings (SSSR count). The Kier molecular flexibility index (Phi) is 5.78. The second kappa shape index (κ2) is 7.81. The number of carbonyl (C=O) groups is 2. The van der Waals surface area contributed by atoms with Crippen LogP contribution in [-0.2, 0) is 9.59 Å². The fourth-order valence-corrected chi connectivity index (χ4v) is 2.37. The Hall–Kier alpha value is -2.57. The normalized spacial score (nSPS) is 11.0. The van der Waals surface area contributed by atoms with Crippen molar-refractivity contribution in [2.24, 2.45) is 5.10 Å². The minimum Gasteiger partial charge on any atom is -0.507 e. The van der Waals surface area contributed by atoms with Crippen LogP contribution in [0.3, 0.4) is 0 Å². The van der Waals surface area contributed by atoms with Gasteiger partial charge in [0, 0.05) is 21.3 Å². The molecule has 0 spiro atoms. The van der Waals surface area contributed by atoms with Crippen molar-refractivity contribution in [3.05, 3.63) is 58.1 Å². The lowest BCUT2D eigenvalue weighted by Crippen LogP contribution is -2.32. The zero-order valence-corrected chi connectivity index (χ0v) is 14.0. The van der Waals surface area contributed by atoms with Crippen molar-refractivity contribution in [3.8, 4) is 5.75 Å². The summed E-state index contributed by atoms with van der Waals surface area (Å²) in [4.78, 5) is 23.6. The molecule has 2 aromatic rings. The number of nitrogens with zero attached hydrogens (tertiary/aromatic N) is 1. The topological polar surface area (TPSA) is 90.8 Å². The summed E-state index contributed by atoms with van der Waals surface area (Å²) in [5.41, 5.74) is 3.20. The Bertz CT molecular complexity index is 802. The van der Waals surface area contributed by atoms with Crippen LogP contribution in [0.4, 0.5) is 5.69 Å². The van der Waals surface area contributed by atoms with Gasteiger partial charge >= 0.3 is 11.8 Å². The smallest absolute Gasteiger partial charge is 0.329 e. The van der Waals surface area contributed by atoms with Crippen LogP contribution in [-0.4, -0.2) is 22.6 Å². The summed E-state index contributed by atoms with van der Waals surface area (Å²) in [5.74, 6) is -1.88. The van der Waals surface area contributed by atoms with E-state index >= 15 is 0 Å². The Morgan fingerprint density at radius 1 is 1.04 bits per heavy atom. The van der Waals surface area contributed by atoms with E-state index in [1.165, 1.54) is 24.3 Å². The number of amides is 2. The molecule has 0 bridgehead atoms. The Morgan fingerprint density at radius 3 is 2.29 bits per heavy atom. The van der Waals surface area contributed by atoms with Crippen molar-refractivity contribution in [3.63, 3.8) is 0 Å². The molecule has 0 saturated carbocycles. The maximum absolute atomic E-state index is 11.8. The quantitative estimate of drug-likeness (QED) is 0.443. The fourth-order valence-electron chi connectivity index (χ4n) is 1.84. The number of anilines is 1. The number of phenolic OH excluding ortho intramolecular Hbond substituents is 1. The molecule has 124 valence electrons. The highest BCUT2D eigenvalue weighted by atomic mass is 35.5. The monoisotopic (exact) mass is 365 g/mol. The summed E-state index contributed by atoms with van der Waals surface area (Å²) in [6.45, 7) is 1.59. The van der Waals surface area contributed by atoms with Gasteiger partial charge < -0.3 is 10.4 Å². The van der Waals surface area contributed by atoms with Gasteiger partial charge in [-0.3, -0.25) is 9.59 Å². The molecule has 24 heavy (non-hydrogen) atoms. The predicted octanol–water partition coefficient (Wildman–Crippen LogP) is 3.18. The summed E-state index contributed by atoms with van der Waals surface area (Å²) in [7, 11) is 0. The first-order valence-corrected chi connectivity index (χ1v) is 7.52. The summed E-state index contributed by atoms with van der Waals surface area (Å²) in [5, 5.41) is 16.5. The third kappa shape index (κ3) is 4.71. The average molecular weight is 366 g/mol. The van der Waals surface area contributed by atoms with E-state index in [1.54, 1.807) is 25.1 Å². The number of phenols is 1. The number of hydrazone groups is 1. The van der Waals surface area contributed by atoms with Gasteiger partial charge in [0.1, 0.15) is 5.75 Å². The van der Waals surface area contributed by atoms with Crippen LogP contribution < -0.4 is 10.7 Å². The SMILES string of the molecule is CC(=NNC(=O)C(=O)Nc1cc(Cl)cc(Cl)c1)c1ccccc1O. The predicted molar refractivity (Wildman–Crippen MR) is 93.6 cm³/mol. The van der Waals surface area contributed by atoms with Gasteiger partial charge in [-0.05, 0) is 37.3 Å². The Morgan fingerprint density at radius 2 is 1.67 bits per heavy atom. The standard InChI is InChI=1S/C16H13Cl2N3O3/c1-9(13-4-2-3-5-14(13)22)20-21-16(24)15(23)19-12-7-10(17)6-11(18)8-12/h2-8,22H,1H3,(H,19,23)(H,21,24). The molecule has 0 radical (unpaired) electrons. The average Bonchev–Trinajstić information content (AvgIpc) is 2.51. The molecule has 0 saturated heterocycles. The number of carbonyl (C=O) groups excluding carboxylic acids is 2. The molecule has 0 aliphatic carbocycles. The number of hydrogen-bond donors (Lipinski definition) is 3. The molecule has 3 N–H and O–H groups in total. The fraction of sp³-hybridized carbons (Fsp3) is 0.0625. The molecule has 0 atom stereocenters. The number of nitrogens with one attached hydrogen (secondary N) is 2. The van der Waals surface area contributed by atoms with Gasteiger partial charge in [-0.1, -0.05) is 35.3 Å². The Labute approximate surface area is 148 Å². The van der Waals surface area contributed by atoms with Gasteiger partial charge in [0.05, 0.1) is 5.71 Å². The number of aromatic hydroxyl groups is 1. The minimum atomic E-state index is -0.971. The highest BCUT2D eigenvalue weighted by Gasteiger charge is 2.14. The summed E-state index contributed by atoms with van der Waals surface area (Å²) in [6.07, 6.45) is 0. The van der Waals surface area contributed by atoms with E-state index in [1.807, 2.05) is 0 Å². The lowest BCUT2D eigenvalue weighted by atomic mass is 10.1. The number of para-hydroxylation sites is 1. The summed E-state index contributed by atoms with van der Waals surface area (Å²) >= 11 is 11.6. The lowest BCUT2D eigenvalue weighted by molar-refractivity contribution is -0.136. The van der Waals surface area contributed by atoms with Gasteiger partial charge in [-0.15, -0.1) is 0 Å². The number of benzene rings is 2. The van der Waals surface area contributed by atoms with Crippen molar-refractivity contribution in [1.29, 1.82) is 0 Å². The molecule has 0 aliphatic heterocycles. The van der Waals surface area contributed by atoms with E-state index < -0.39 is 11.8 Å². The molecule has 2 amide bonds. The highest BCUT2D eigenvalue weighted by molar-refractivity contribution is 6.40. The molecule has 0 heterocycles. The van der Waals surface area contributed by atoms with Crippen LogP contribution in [0.1, 0.15) is 12.5 Å². The number of halogens is 2. The molecular weight excluding hydrogens is 353 g/mol. The molecule has 0 aromatic heterocycles. The molecule has 0 aliphatic rings. The van der Waals surface area contributed by atoms with Crippen molar-refractivity contribution >= 4 is 46.4 Å². The molecule has 0 unspecified atom stereocenters. The molecule has 2 aromatic carbocycles. The van der Waals surface area contributed by atoms with Crippen molar-refractivity contribution in [1.82, 2.24) is 5.43 Å². The minimum absolute atomic E-state index is 0.0195. The van der Waals surface area contributed by atoms with E-state index in [9.17, 15) is 14.7 Å². The maximum atomic E-state index is 11.8. The third-order valence-electron chi connectivity index (χ3n) is 2.95. The summed E-state index contributed by atoms with van der Waals surface area (Å²) < 4.78 is 0. The second-order valence-electron chi connectivity index (χ2n) is 4.77. The first kappa shape index (κ1) is 17.8. The zero-order valence-electron chi connectivity index (χ0n) is 12.5. The van der Waals surface area contributed by atoms with Crippen LogP contribution in [0.25, 0.3) is 0 Å². The van der Waals surface area contributed by atoms with E-state index in [2.05, 4.69) is 15.8 Å².